The largest absolute Gasteiger partial charge is 1.00 e. The molecule has 1 aromatic carbocycles. The van der Waals surface area contributed by atoms with Crippen LogP contribution in [0, 0.1) is 11.8 Å². The van der Waals surface area contributed by atoms with Crippen LogP contribution < -0.4 is 0 Å². The summed E-state index contributed by atoms with van der Waals surface area (Å²) in [4.78, 5) is 13.6. The van der Waals surface area contributed by atoms with Gasteiger partial charge in [0, 0.05) is 23.2 Å². The summed E-state index contributed by atoms with van der Waals surface area (Å²) in [5.41, 5.74) is 3.60. The summed E-state index contributed by atoms with van der Waals surface area (Å²) in [7, 11) is 0. The third kappa shape index (κ3) is 3.19. The van der Waals surface area contributed by atoms with Gasteiger partial charge >= 0.3 is 17.1 Å². The number of hydrogen-bond donors (Lipinski definition) is 0. The number of hydrogen-bond acceptors (Lipinski definition) is 4. The van der Waals surface area contributed by atoms with E-state index < -0.39 is 0 Å². The van der Waals surface area contributed by atoms with E-state index in [-0.39, 0.29) is 17.1 Å². The molecule has 0 saturated heterocycles. The van der Waals surface area contributed by atoms with Gasteiger partial charge in [-0.05, 0) is 24.3 Å². The van der Waals surface area contributed by atoms with E-state index >= 15 is 0 Å². The number of aromatic nitrogens is 3. The minimum absolute atomic E-state index is 0. The van der Waals surface area contributed by atoms with Crippen molar-refractivity contribution < 1.29 is 17.1 Å². The van der Waals surface area contributed by atoms with Crippen molar-refractivity contribution >= 4 is 21.8 Å². The van der Waals surface area contributed by atoms with E-state index in [0.717, 1.165) is 33.2 Å². The summed E-state index contributed by atoms with van der Waals surface area (Å²) in [6.07, 6.45) is 3.58. The summed E-state index contributed by atoms with van der Waals surface area (Å²) in [5, 5.41) is 8.45. The number of nitrogens with zero attached hydrogens (tertiary/aromatic N) is 4. The molecule has 0 saturated carbocycles. The van der Waals surface area contributed by atoms with E-state index in [9.17, 15) is 0 Å². The monoisotopic (exact) mass is 346 g/mol. The third-order valence-corrected chi connectivity index (χ3v) is 3.36. The second kappa shape index (κ2) is 7.46. The van der Waals surface area contributed by atoms with E-state index in [4.69, 9.17) is 16.8 Å². The summed E-state index contributed by atoms with van der Waals surface area (Å²) in [5.74, 6) is 0. The smallest absolute Gasteiger partial charge is 0.512 e. The van der Waals surface area contributed by atoms with Crippen LogP contribution in [0.2, 0.25) is 0 Å². The average molecular weight is 347 g/mol. The Morgan fingerprint density at radius 1 is 0.652 bits per heavy atom. The van der Waals surface area contributed by atoms with Gasteiger partial charge in [0.15, 0.2) is 0 Å². The van der Waals surface area contributed by atoms with Crippen molar-refractivity contribution in [3.05, 3.63) is 73.6 Å². The van der Waals surface area contributed by atoms with Gasteiger partial charge < -0.3 is 11.8 Å². The van der Waals surface area contributed by atoms with Gasteiger partial charge in [0.05, 0.1) is 22.4 Å². The van der Waals surface area contributed by atoms with Crippen LogP contribution in [0.4, 0.5) is 0 Å². The van der Waals surface area contributed by atoms with Crippen molar-refractivity contribution in [3.8, 4) is 11.4 Å². The van der Waals surface area contributed by atoms with Gasteiger partial charge in [0.25, 0.3) is 0 Å². The van der Waals surface area contributed by atoms with E-state index in [1.807, 2.05) is 30.3 Å². The molecule has 0 unspecified atom stereocenters. The van der Waals surface area contributed by atoms with Crippen molar-refractivity contribution in [2.45, 2.75) is 0 Å². The Morgan fingerprint density at radius 2 is 1.35 bits per heavy atom. The predicted molar refractivity (Wildman–Crippen MR) is 85.2 cm³/mol. The number of rotatable bonds is 1. The molecule has 0 amide bonds. The molecule has 23 heavy (non-hydrogen) atoms. The number of benzene rings is 1. The molecule has 3 aromatic heterocycles. The second-order valence-electron chi connectivity index (χ2n) is 4.62. The van der Waals surface area contributed by atoms with Crippen LogP contribution >= 0.6 is 0 Å². The summed E-state index contributed by atoms with van der Waals surface area (Å²) < 4.78 is 0. The zero-order chi connectivity index (χ0) is 15.4. The molecule has 0 bridgehead atoms. The van der Waals surface area contributed by atoms with Gasteiger partial charge in [0.2, 0.25) is 0 Å². The first-order valence-corrected chi connectivity index (χ1v) is 6.70. The molecule has 4 aromatic rings. The molecule has 0 aliphatic rings. The quantitative estimate of drug-likeness (QED) is 0.297. The van der Waals surface area contributed by atoms with Gasteiger partial charge in [-0.15, -0.1) is 0 Å². The minimum Gasteiger partial charge on any atom is -0.512 e. The van der Waals surface area contributed by atoms with Gasteiger partial charge in [0.1, 0.15) is 0 Å². The Bertz CT molecular complexity index is 952. The normalized spacial score (nSPS) is 9.65. The van der Waals surface area contributed by atoms with Gasteiger partial charge in [-0.1, -0.05) is 30.3 Å². The first-order chi connectivity index (χ1) is 10.9. The molecular formula is C18H11CuN4. The molecular weight excluding hydrogens is 336 g/mol. The molecule has 0 aliphatic heterocycles. The third-order valence-electron chi connectivity index (χ3n) is 3.36. The van der Waals surface area contributed by atoms with Gasteiger partial charge in [-0.2, -0.15) is 0 Å². The fraction of sp³-hybridized carbons (Fsp3) is 0. The maximum atomic E-state index is 6.25. The molecule has 0 N–H and O–H groups in total. The summed E-state index contributed by atoms with van der Waals surface area (Å²) in [6.45, 7) is 4.75. The Balaban J connectivity index is 0.000000617. The Hall–Kier alpha value is -2.80. The molecule has 0 aliphatic carbocycles. The van der Waals surface area contributed by atoms with Crippen molar-refractivity contribution in [2.24, 2.45) is 0 Å². The molecule has 5 heteroatoms. The Morgan fingerprint density at radius 3 is 2.09 bits per heavy atom. The number of pyridine rings is 3. The van der Waals surface area contributed by atoms with Crippen LogP contribution in [-0.4, -0.2) is 15.0 Å². The van der Waals surface area contributed by atoms with Gasteiger partial charge in [-0.3, -0.25) is 9.97 Å². The Kier molecular flexibility index (Phi) is 5.37. The fourth-order valence-electron chi connectivity index (χ4n) is 2.38. The van der Waals surface area contributed by atoms with Gasteiger partial charge in [-0.25, -0.2) is 4.98 Å². The predicted octanol–water partition coefficient (Wildman–Crippen LogP) is 3.94. The summed E-state index contributed by atoms with van der Waals surface area (Å²) in [6, 6.07) is 18.1. The van der Waals surface area contributed by atoms with Crippen molar-refractivity contribution in [3.63, 3.8) is 0 Å². The maximum absolute atomic E-state index is 6.25. The SMILES string of the molecule is [C-]#N.[Cu+].c1ccc(-c2ccc3ccc4cccnc4c3n2)nc1. The topological polar surface area (TPSA) is 62.5 Å². The van der Waals surface area contributed by atoms with Crippen LogP contribution in [0.25, 0.3) is 33.2 Å². The maximum Gasteiger partial charge on any atom is 1.00 e. The van der Waals surface area contributed by atoms with E-state index in [1.165, 1.54) is 0 Å². The first kappa shape index (κ1) is 16.6. The molecule has 0 spiro atoms. The zero-order valence-corrected chi connectivity index (χ0v) is 12.9. The molecule has 0 fully saturated rings. The van der Waals surface area contributed by atoms with E-state index in [1.54, 1.807) is 12.4 Å². The van der Waals surface area contributed by atoms with Crippen molar-refractivity contribution in [1.29, 1.82) is 5.26 Å². The van der Waals surface area contributed by atoms with Crippen LogP contribution in [0.15, 0.2) is 67.0 Å². The van der Waals surface area contributed by atoms with E-state index in [0.29, 0.717) is 0 Å². The molecule has 0 atom stereocenters. The number of fused-ring (bicyclic) bond motifs is 3. The molecule has 4 nitrogen and oxygen atoms in total. The van der Waals surface area contributed by atoms with Crippen molar-refractivity contribution in [1.82, 2.24) is 15.0 Å². The van der Waals surface area contributed by atoms with E-state index in [2.05, 4.69) is 34.2 Å². The molecule has 4 rings (SSSR count). The standard InChI is InChI=1S/C17H11N3.CN.Cu/c1-2-10-18-14(5-1)15-9-8-13-7-6-12-4-3-11-19-16(12)17(13)20-15;1-2;/h1-11H;;/q;-1;+1. The Labute approximate surface area is 144 Å². The molecule has 114 valence electrons. The molecule has 3 heterocycles. The van der Waals surface area contributed by atoms with Crippen LogP contribution in [0.3, 0.4) is 0 Å². The van der Waals surface area contributed by atoms with Crippen LogP contribution in [0.5, 0.6) is 0 Å². The second-order valence-corrected chi connectivity index (χ2v) is 4.62. The zero-order valence-electron chi connectivity index (χ0n) is 11.9. The van der Waals surface area contributed by atoms with Crippen LogP contribution in [0.1, 0.15) is 0 Å². The molecule has 0 radical (unpaired) electrons. The summed E-state index contributed by atoms with van der Waals surface area (Å²) >= 11 is 0. The van der Waals surface area contributed by atoms with Crippen LogP contribution in [-0.2, 0) is 17.1 Å². The fourth-order valence-corrected chi connectivity index (χ4v) is 2.38. The minimum atomic E-state index is 0. The van der Waals surface area contributed by atoms with Crippen molar-refractivity contribution in [2.75, 3.05) is 0 Å². The first-order valence-electron chi connectivity index (χ1n) is 6.70. The average Bonchev–Trinajstić information content (AvgIpc) is 2.63.